The number of hydrogen-bond donors (Lipinski definition) is 1. The van der Waals surface area contributed by atoms with E-state index >= 15 is 0 Å². The Hall–Kier alpha value is -2.03. The molecule has 0 spiro atoms. The molecule has 1 unspecified atom stereocenters. The van der Waals surface area contributed by atoms with E-state index in [1.54, 1.807) is 7.11 Å². The van der Waals surface area contributed by atoms with E-state index in [4.69, 9.17) is 10.00 Å². The van der Waals surface area contributed by atoms with Gasteiger partial charge in [-0.2, -0.15) is 5.26 Å². The molecular formula is C14H23N5O. The van der Waals surface area contributed by atoms with Gasteiger partial charge in [0.25, 0.3) is 0 Å². The lowest BCUT2D eigenvalue weighted by molar-refractivity contribution is 0.411. The zero-order valence-electron chi connectivity index (χ0n) is 12.7. The van der Waals surface area contributed by atoms with Crippen molar-refractivity contribution in [1.29, 1.82) is 5.26 Å². The van der Waals surface area contributed by atoms with Crippen molar-refractivity contribution in [2.45, 2.75) is 27.2 Å². The quantitative estimate of drug-likeness (QED) is 0.786. The highest BCUT2D eigenvalue weighted by Crippen LogP contribution is 2.32. The Morgan fingerprint density at radius 1 is 1.45 bits per heavy atom. The van der Waals surface area contributed by atoms with Crippen molar-refractivity contribution in [2.24, 2.45) is 5.92 Å². The fourth-order valence-electron chi connectivity index (χ4n) is 1.88. The highest BCUT2D eigenvalue weighted by atomic mass is 16.5. The predicted octanol–water partition coefficient (Wildman–Crippen LogP) is 2.29. The average Bonchev–Trinajstić information content (AvgIpc) is 2.49. The van der Waals surface area contributed by atoms with Crippen LogP contribution in [0.5, 0.6) is 5.75 Å². The van der Waals surface area contributed by atoms with Crippen LogP contribution >= 0.6 is 0 Å². The van der Waals surface area contributed by atoms with Gasteiger partial charge in [0.05, 0.1) is 19.1 Å². The molecule has 0 aliphatic carbocycles. The Kier molecular flexibility index (Phi) is 6.57. The zero-order valence-corrected chi connectivity index (χ0v) is 12.7. The molecule has 6 heteroatoms. The smallest absolute Gasteiger partial charge is 0.204 e. The number of nitrogens with zero attached hydrogens (tertiary/aromatic N) is 4. The van der Waals surface area contributed by atoms with Crippen molar-refractivity contribution in [3.8, 4) is 11.8 Å². The molecule has 0 saturated carbocycles. The van der Waals surface area contributed by atoms with Gasteiger partial charge in [-0.25, -0.2) is 9.97 Å². The van der Waals surface area contributed by atoms with Crippen LogP contribution in [0.25, 0.3) is 0 Å². The first-order chi connectivity index (χ1) is 9.67. The fraction of sp³-hybridized carbons (Fsp3) is 0.643. The Labute approximate surface area is 120 Å². The number of ether oxygens (including phenoxy) is 1. The van der Waals surface area contributed by atoms with Crippen LogP contribution < -0.4 is 15.0 Å². The summed E-state index contributed by atoms with van der Waals surface area (Å²) in [5, 5.41) is 12.2. The Bertz CT molecular complexity index is 457. The lowest BCUT2D eigenvalue weighted by Crippen LogP contribution is -2.29. The first-order valence-electron chi connectivity index (χ1n) is 6.95. The lowest BCUT2D eigenvalue weighted by Gasteiger charge is -2.25. The highest BCUT2D eigenvalue weighted by molar-refractivity contribution is 5.64. The molecule has 1 aromatic heterocycles. The van der Waals surface area contributed by atoms with E-state index in [-0.39, 0.29) is 5.92 Å². The number of aromatic nitrogens is 2. The van der Waals surface area contributed by atoms with E-state index in [2.05, 4.69) is 28.3 Å². The summed E-state index contributed by atoms with van der Waals surface area (Å²) in [6, 6.07) is 2.24. The molecule has 1 heterocycles. The van der Waals surface area contributed by atoms with Crippen molar-refractivity contribution in [3.63, 3.8) is 0 Å². The molecule has 110 valence electrons. The van der Waals surface area contributed by atoms with Gasteiger partial charge in [-0.3, -0.25) is 0 Å². The van der Waals surface area contributed by atoms with Gasteiger partial charge in [0.1, 0.15) is 6.33 Å². The summed E-state index contributed by atoms with van der Waals surface area (Å²) in [7, 11) is 1.61. The molecular weight excluding hydrogens is 254 g/mol. The molecule has 1 rings (SSSR count). The van der Waals surface area contributed by atoms with Crippen molar-refractivity contribution >= 4 is 11.6 Å². The second-order valence-corrected chi connectivity index (χ2v) is 4.57. The van der Waals surface area contributed by atoms with Crippen LogP contribution in [0, 0.1) is 17.2 Å². The summed E-state index contributed by atoms with van der Waals surface area (Å²) < 4.78 is 5.46. The molecule has 0 aliphatic heterocycles. The number of methoxy groups -OCH3 is 1. The van der Waals surface area contributed by atoms with Crippen LogP contribution in [0.3, 0.4) is 0 Å². The Morgan fingerprint density at radius 2 is 2.20 bits per heavy atom. The van der Waals surface area contributed by atoms with E-state index in [1.165, 1.54) is 6.33 Å². The SMILES string of the molecule is CCCNc1ncnc(N(CC)CC(C)C#N)c1OC. The number of anilines is 2. The van der Waals surface area contributed by atoms with E-state index < -0.39 is 0 Å². The lowest BCUT2D eigenvalue weighted by atomic mass is 10.2. The largest absolute Gasteiger partial charge is 0.490 e. The van der Waals surface area contributed by atoms with Crippen LogP contribution in [0.1, 0.15) is 27.2 Å². The third kappa shape index (κ3) is 3.98. The molecule has 0 aromatic carbocycles. The standard InChI is InChI=1S/C14H23N5O/c1-5-7-16-13-12(20-4)14(18-10-17-13)19(6-2)9-11(3)8-15/h10-11H,5-7,9H2,1-4H3,(H,16,17,18). The van der Waals surface area contributed by atoms with Crippen molar-refractivity contribution in [1.82, 2.24) is 9.97 Å². The first kappa shape index (κ1) is 16.0. The summed E-state index contributed by atoms with van der Waals surface area (Å²) in [5.74, 6) is 1.99. The fourth-order valence-corrected chi connectivity index (χ4v) is 1.88. The summed E-state index contributed by atoms with van der Waals surface area (Å²) in [5.41, 5.74) is 0. The van der Waals surface area contributed by atoms with Gasteiger partial charge in [0, 0.05) is 19.6 Å². The minimum Gasteiger partial charge on any atom is -0.490 e. The molecule has 20 heavy (non-hydrogen) atoms. The van der Waals surface area contributed by atoms with Crippen molar-refractivity contribution in [2.75, 3.05) is 37.0 Å². The Morgan fingerprint density at radius 3 is 2.75 bits per heavy atom. The molecule has 0 amide bonds. The van der Waals surface area contributed by atoms with Crippen molar-refractivity contribution in [3.05, 3.63) is 6.33 Å². The molecule has 0 aliphatic rings. The summed E-state index contributed by atoms with van der Waals surface area (Å²) in [6.07, 6.45) is 2.53. The van der Waals surface area contributed by atoms with Gasteiger partial charge in [0.15, 0.2) is 11.6 Å². The summed E-state index contributed by atoms with van der Waals surface area (Å²) in [6.45, 7) is 8.22. The molecule has 6 nitrogen and oxygen atoms in total. The van der Waals surface area contributed by atoms with Gasteiger partial charge in [-0.15, -0.1) is 0 Å². The van der Waals surface area contributed by atoms with Crippen LogP contribution in [-0.2, 0) is 0 Å². The van der Waals surface area contributed by atoms with E-state index in [0.29, 0.717) is 18.1 Å². The topological polar surface area (TPSA) is 74.1 Å². The molecule has 0 saturated heterocycles. The number of nitriles is 1. The van der Waals surface area contributed by atoms with Gasteiger partial charge in [-0.1, -0.05) is 6.92 Å². The van der Waals surface area contributed by atoms with Crippen molar-refractivity contribution < 1.29 is 4.74 Å². The van der Waals surface area contributed by atoms with Crippen LogP contribution in [0.2, 0.25) is 0 Å². The molecule has 0 radical (unpaired) electrons. The number of hydrogen-bond acceptors (Lipinski definition) is 6. The maximum absolute atomic E-state index is 8.97. The highest BCUT2D eigenvalue weighted by Gasteiger charge is 2.18. The summed E-state index contributed by atoms with van der Waals surface area (Å²) in [4.78, 5) is 10.6. The van der Waals surface area contributed by atoms with Crippen LogP contribution in [0.15, 0.2) is 6.33 Å². The molecule has 1 atom stereocenters. The van der Waals surface area contributed by atoms with E-state index in [9.17, 15) is 0 Å². The monoisotopic (exact) mass is 277 g/mol. The third-order valence-corrected chi connectivity index (χ3v) is 2.93. The second kappa shape index (κ2) is 8.20. The number of nitrogens with one attached hydrogen (secondary N) is 1. The molecule has 1 N–H and O–H groups in total. The summed E-state index contributed by atoms with van der Waals surface area (Å²) >= 11 is 0. The van der Waals surface area contributed by atoms with Crippen LogP contribution in [0.4, 0.5) is 11.6 Å². The molecule has 1 aromatic rings. The molecule has 0 bridgehead atoms. The third-order valence-electron chi connectivity index (χ3n) is 2.93. The zero-order chi connectivity index (χ0) is 15.0. The minimum atomic E-state index is -0.0679. The maximum atomic E-state index is 8.97. The second-order valence-electron chi connectivity index (χ2n) is 4.57. The van der Waals surface area contributed by atoms with Gasteiger partial charge in [0.2, 0.25) is 5.75 Å². The van der Waals surface area contributed by atoms with E-state index in [0.717, 1.165) is 25.3 Å². The normalized spacial score (nSPS) is 11.6. The van der Waals surface area contributed by atoms with Gasteiger partial charge in [-0.05, 0) is 20.3 Å². The average molecular weight is 277 g/mol. The predicted molar refractivity (Wildman–Crippen MR) is 80.0 cm³/mol. The van der Waals surface area contributed by atoms with Crippen LogP contribution in [-0.4, -0.2) is 36.7 Å². The number of rotatable bonds is 8. The maximum Gasteiger partial charge on any atom is 0.204 e. The van der Waals surface area contributed by atoms with E-state index in [1.807, 2.05) is 18.7 Å². The van der Waals surface area contributed by atoms with Gasteiger partial charge >= 0.3 is 0 Å². The Balaban J connectivity index is 3.05. The molecule has 0 fully saturated rings. The minimum absolute atomic E-state index is 0.0679. The van der Waals surface area contributed by atoms with Gasteiger partial charge < -0.3 is 15.0 Å². The first-order valence-corrected chi connectivity index (χ1v) is 6.95.